The molecule has 0 aromatic carbocycles. The molecular weight excluding hydrogens is 282 g/mol. The van der Waals surface area contributed by atoms with Crippen molar-refractivity contribution in [2.75, 3.05) is 19.6 Å². The fraction of sp³-hybridized carbons (Fsp3) is 0.688. The normalized spacial score (nSPS) is 24.4. The molecule has 0 spiro atoms. The molecule has 4 nitrogen and oxygen atoms in total. The molecule has 0 aliphatic carbocycles. The summed E-state index contributed by atoms with van der Waals surface area (Å²) in [6.45, 7) is 8.61. The number of likely N-dealkylation sites (tertiary alicyclic amines) is 1. The average Bonchev–Trinajstić information content (AvgIpc) is 3.06. The van der Waals surface area contributed by atoms with Crippen LogP contribution in [-0.4, -0.2) is 36.5 Å². The summed E-state index contributed by atoms with van der Waals surface area (Å²) in [5.41, 5.74) is 5.75. The van der Waals surface area contributed by atoms with Gasteiger partial charge >= 0.3 is 0 Å². The van der Waals surface area contributed by atoms with Crippen LogP contribution in [0.2, 0.25) is 0 Å². The van der Waals surface area contributed by atoms with Crippen molar-refractivity contribution in [3.8, 4) is 0 Å². The van der Waals surface area contributed by atoms with Crippen LogP contribution in [0, 0.1) is 11.8 Å². The van der Waals surface area contributed by atoms with Gasteiger partial charge in [-0.1, -0.05) is 19.9 Å². The molecule has 0 bridgehead atoms. The van der Waals surface area contributed by atoms with E-state index in [0.717, 1.165) is 13.0 Å². The lowest BCUT2D eigenvalue weighted by Crippen LogP contribution is -2.41. The highest BCUT2D eigenvalue weighted by molar-refractivity contribution is 7.10. The third-order valence-corrected chi connectivity index (χ3v) is 5.26. The van der Waals surface area contributed by atoms with E-state index in [0.29, 0.717) is 31.0 Å². The number of hydrogen-bond acceptors (Lipinski definition) is 4. The van der Waals surface area contributed by atoms with Gasteiger partial charge in [0, 0.05) is 17.5 Å². The highest BCUT2D eigenvalue weighted by Crippen LogP contribution is 2.26. The minimum Gasteiger partial charge on any atom is -0.347 e. The lowest BCUT2D eigenvalue weighted by atomic mass is 10.0. The van der Waals surface area contributed by atoms with E-state index in [1.807, 2.05) is 6.07 Å². The van der Waals surface area contributed by atoms with Crippen LogP contribution in [0.5, 0.6) is 0 Å². The van der Waals surface area contributed by atoms with Crippen molar-refractivity contribution in [3.05, 3.63) is 22.4 Å². The zero-order valence-electron chi connectivity index (χ0n) is 13.2. The predicted octanol–water partition coefficient (Wildman–Crippen LogP) is 2.23. The van der Waals surface area contributed by atoms with Crippen LogP contribution >= 0.6 is 11.3 Å². The number of carbonyl (C=O) groups is 1. The van der Waals surface area contributed by atoms with Crippen molar-refractivity contribution in [1.29, 1.82) is 0 Å². The molecule has 0 radical (unpaired) electrons. The van der Waals surface area contributed by atoms with Gasteiger partial charge in [0.2, 0.25) is 5.91 Å². The Morgan fingerprint density at radius 1 is 1.57 bits per heavy atom. The summed E-state index contributed by atoms with van der Waals surface area (Å²) in [5, 5.41) is 5.26. The molecule has 1 fully saturated rings. The van der Waals surface area contributed by atoms with Gasteiger partial charge in [-0.3, -0.25) is 9.69 Å². The highest BCUT2D eigenvalue weighted by atomic mass is 32.1. The van der Waals surface area contributed by atoms with Crippen LogP contribution in [0.1, 0.15) is 38.1 Å². The molecule has 1 amide bonds. The summed E-state index contributed by atoms with van der Waals surface area (Å²) in [7, 11) is 0. The molecule has 1 aromatic rings. The Bertz CT molecular complexity index is 446. The maximum atomic E-state index is 12.4. The summed E-state index contributed by atoms with van der Waals surface area (Å²) >= 11 is 1.70. The highest BCUT2D eigenvalue weighted by Gasteiger charge is 2.30. The fourth-order valence-electron chi connectivity index (χ4n) is 3.05. The van der Waals surface area contributed by atoms with Crippen LogP contribution in [0.3, 0.4) is 0 Å². The molecule has 1 aliphatic heterocycles. The van der Waals surface area contributed by atoms with Crippen molar-refractivity contribution < 1.29 is 4.79 Å². The number of amides is 1. The van der Waals surface area contributed by atoms with Gasteiger partial charge in [-0.05, 0) is 43.2 Å². The fourth-order valence-corrected chi connectivity index (χ4v) is 4.00. The first-order valence-electron chi connectivity index (χ1n) is 7.78. The van der Waals surface area contributed by atoms with Crippen molar-refractivity contribution in [3.63, 3.8) is 0 Å². The Kier molecular flexibility index (Phi) is 5.79. The van der Waals surface area contributed by atoms with Crippen LogP contribution in [-0.2, 0) is 4.79 Å². The molecule has 0 saturated carbocycles. The summed E-state index contributed by atoms with van der Waals surface area (Å²) in [5.74, 6) is 1.04. The number of nitrogens with one attached hydrogen (secondary N) is 1. The lowest BCUT2D eigenvalue weighted by Gasteiger charge is -2.25. The molecule has 118 valence electrons. The van der Waals surface area contributed by atoms with E-state index in [4.69, 9.17) is 5.73 Å². The molecule has 2 rings (SSSR count). The number of thiophene rings is 1. The summed E-state index contributed by atoms with van der Waals surface area (Å²) < 4.78 is 0. The van der Waals surface area contributed by atoms with Gasteiger partial charge in [-0.25, -0.2) is 0 Å². The largest absolute Gasteiger partial charge is 0.347 e. The van der Waals surface area contributed by atoms with Gasteiger partial charge in [0.15, 0.2) is 0 Å². The third-order valence-electron chi connectivity index (χ3n) is 4.30. The quantitative estimate of drug-likeness (QED) is 0.847. The van der Waals surface area contributed by atoms with Gasteiger partial charge in [0.1, 0.15) is 0 Å². The molecule has 3 unspecified atom stereocenters. The van der Waals surface area contributed by atoms with Gasteiger partial charge in [-0.15, -0.1) is 11.3 Å². The van der Waals surface area contributed by atoms with Crippen molar-refractivity contribution >= 4 is 17.2 Å². The lowest BCUT2D eigenvalue weighted by molar-refractivity contribution is -0.123. The first kappa shape index (κ1) is 16.5. The Morgan fingerprint density at radius 2 is 2.33 bits per heavy atom. The molecular formula is C16H27N3OS. The Hall–Kier alpha value is -0.910. The molecule has 5 heteroatoms. The summed E-state index contributed by atoms with van der Waals surface area (Å²) in [4.78, 5) is 15.8. The second-order valence-corrected chi connectivity index (χ2v) is 7.40. The molecule has 21 heavy (non-hydrogen) atoms. The second kappa shape index (κ2) is 7.38. The van der Waals surface area contributed by atoms with Crippen LogP contribution in [0.4, 0.5) is 0 Å². The SMILES string of the molecule is CC(C)C(NC(=O)CN1CC(CN)CC1C)c1cccs1. The van der Waals surface area contributed by atoms with Crippen LogP contribution in [0.25, 0.3) is 0 Å². The predicted molar refractivity (Wildman–Crippen MR) is 88.2 cm³/mol. The molecule has 3 atom stereocenters. The smallest absolute Gasteiger partial charge is 0.234 e. The second-order valence-electron chi connectivity index (χ2n) is 6.42. The number of nitrogens with zero attached hydrogens (tertiary/aromatic N) is 1. The maximum Gasteiger partial charge on any atom is 0.234 e. The molecule has 1 aliphatic rings. The molecule has 2 heterocycles. The summed E-state index contributed by atoms with van der Waals surface area (Å²) in [6, 6.07) is 4.69. The molecule has 3 N–H and O–H groups in total. The van der Waals surface area contributed by atoms with E-state index in [-0.39, 0.29) is 11.9 Å². The van der Waals surface area contributed by atoms with E-state index in [1.54, 1.807) is 11.3 Å². The Morgan fingerprint density at radius 3 is 2.86 bits per heavy atom. The van der Waals surface area contributed by atoms with E-state index in [1.165, 1.54) is 4.88 Å². The van der Waals surface area contributed by atoms with Crippen LogP contribution in [0.15, 0.2) is 17.5 Å². The van der Waals surface area contributed by atoms with Gasteiger partial charge < -0.3 is 11.1 Å². The third kappa shape index (κ3) is 4.28. The van der Waals surface area contributed by atoms with E-state index >= 15 is 0 Å². The average molecular weight is 309 g/mol. The molecule has 1 saturated heterocycles. The van der Waals surface area contributed by atoms with Crippen molar-refractivity contribution in [2.45, 2.75) is 39.3 Å². The number of nitrogens with two attached hydrogens (primary N) is 1. The summed E-state index contributed by atoms with van der Waals surface area (Å²) in [6.07, 6.45) is 1.10. The van der Waals surface area contributed by atoms with Crippen molar-refractivity contribution in [2.24, 2.45) is 17.6 Å². The minimum absolute atomic E-state index is 0.112. The number of carbonyl (C=O) groups excluding carboxylic acids is 1. The Labute approximate surface area is 131 Å². The van der Waals surface area contributed by atoms with Crippen molar-refractivity contribution in [1.82, 2.24) is 10.2 Å². The molecule has 1 aromatic heterocycles. The zero-order chi connectivity index (χ0) is 15.4. The van der Waals surface area contributed by atoms with E-state index in [9.17, 15) is 4.79 Å². The topological polar surface area (TPSA) is 58.4 Å². The Balaban J connectivity index is 1.91. The van der Waals surface area contributed by atoms with E-state index in [2.05, 4.69) is 42.4 Å². The zero-order valence-corrected chi connectivity index (χ0v) is 14.0. The van der Waals surface area contributed by atoms with E-state index < -0.39 is 0 Å². The monoisotopic (exact) mass is 309 g/mol. The number of hydrogen-bond donors (Lipinski definition) is 2. The van der Waals surface area contributed by atoms with Gasteiger partial charge in [0.05, 0.1) is 12.6 Å². The maximum absolute atomic E-state index is 12.4. The van der Waals surface area contributed by atoms with Gasteiger partial charge in [-0.2, -0.15) is 0 Å². The first-order valence-corrected chi connectivity index (χ1v) is 8.66. The number of rotatable bonds is 6. The standard InChI is InChI=1S/C16H27N3OS/c1-11(2)16(14-5-4-6-21-14)18-15(20)10-19-9-13(8-17)7-12(19)3/h4-6,11-13,16H,7-10,17H2,1-3H3,(H,18,20). The first-order chi connectivity index (χ1) is 10.0. The van der Waals surface area contributed by atoms with Crippen LogP contribution < -0.4 is 11.1 Å². The van der Waals surface area contributed by atoms with Gasteiger partial charge in [0.25, 0.3) is 0 Å². The minimum atomic E-state index is 0.112.